The van der Waals surface area contributed by atoms with Crippen LogP contribution in [-0.2, 0) is 11.3 Å². The molecule has 128 valence electrons. The lowest BCUT2D eigenvalue weighted by Gasteiger charge is -2.19. The van der Waals surface area contributed by atoms with Crippen LogP contribution in [-0.4, -0.2) is 21.7 Å². The number of ether oxygens (including phenoxy) is 1. The molecule has 24 heavy (non-hydrogen) atoms. The Morgan fingerprint density at radius 3 is 2.58 bits per heavy atom. The van der Waals surface area contributed by atoms with Crippen molar-refractivity contribution in [1.29, 1.82) is 0 Å². The third-order valence-corrected chi connectivity index (χ3v) is 3.02. The van der Waals surface area contributed by atoms with E-state index in [1.807, 2.05) is 45.0 Å². The minimum absolute atomic E-state index is 0.116. The molecular formula is C16H20ClN5O2. The highest BCUT2D eigenvalue weighted by molar-refractivity contribution is 6.28. The number of aromatic nitrogens is 2. The van der Waals surface area contributed by atoms with Gasteiger partial charge in [-0.25, -0.2) is 9.78 Å². The fourth-order valence-electron chi connectivity index (χ4n) is 1.80. The lowest BCUT2D eigenvalue weighted by molar-refractivity contribution is 0.0523. The average Bonchev–Trinajstić information content (AvgIpc) is 2.48. The van der Waals surface area contributed by atoms with E-state index in [4.69, 9.17) is 22.1 Å². The molecular weight excluding hydrogens is 330 g/mol. The Balaban J connectivity index is 1.93. The van der Waals surface area contributed by atoms with Gasteiger partial charge in [-0.15, -0.1) is 0 Å². The van der Waals surface area contributed by atoms with Gasteiger partial charge >= 0.3 is 6.09 Å². The molecule has 0 bridgehead atoms. The van der Waals surface area contributed by atoms with Crippen molar-refractivity contribution < 1.29 is 9.53 Å². The highest BCUT2D eigenvalue weighted by Crippen LogP contribution is 2.21. The van der Waals surface area contributed by atoms with Crippen molar-refractivity contribution in [2.75, 3.05) is 11.1 Å². The highest BCUT2D eigenvalue weighted by atomic mass is 35.5. The number of benzene rings is 1. The Hall–Kier alpha value is -2.54. The molecule has 0 spiro atoms. The number of rotatable bonds is 4. The maximum absolute atomic E-state index is 11.6. The number of nitrogen functional groups attached to an aromatic ring is 1. The van der Waals surface area contributed by atoms with Gasteiger partial charge in [-0.1, -0.05) is 12.1 Å². The number of nitrogens with two attached hydrogens (primary N) is 1. The molecule has 2 rings (SSSR count). The normalized spacial score (nSPS) is 11.0. The summed E-state index contributed by atoms with van der Waals surface area (Å²) in [6.07, 6.45) is 0.990. The Morgan fingerprint density at radius 2 is 1.96 bits per heavy atom. The second kappa shape index (κ2) is 7.35. The molecule has 7 nitrogen and oxygen atoms in total. The third-order valence-electron chi connectivity index (χ3n) is 2.84. The third kappa shape index (κ3) is 5.58. The van der Waals surface area contributed by atoms with Crippen LogP contribution in [0.5, 0.6) is 0 Å². The number of hydrogen-bond acceptors (Lipinski definition) is 6. The lowest BCUT2D eigenvalue weighted by atomic mass is 10.2. The molecule has 1 aromatic heterocycles. The largest absolute Gasteiger partial charge is 0.444 e. The number of anilines is 3. The first-order valence-corrected chi connectivity index (χ1v) is 7.71. The molecule has 0 fully saturated rings. The van der Waals surface area contributed by atoms with Gasteiger partial charge in [0, 0.05) is 12.2 Å². The molecule has 0 radical (unpaired) electrons. The number of halogens is 1. The van der Waals surface area contributed by atoms with Crippen LogP contribution in [0.1, 0.15) is 26.3 Å². The molecule has 1 aromatic carbocycles. The standard InChI is InChI=1S/C16H20ClN5O2/c1-16(2,3)24-15(23)20-8-10-4-6-11(7-5-10)21-13-12(18)9-19-14(17)22-13/h4-7,9H,8,18H2,1-3H3,(H,20,23)(H,19,21,22). The van der Waals surface area contributed by atoms with Gasteiger partial charge in [0.15, 0.2) is 5.82 Å². The number of hydrogen-bond donors (Lipinski definition) is 3. The van der Waals surface area contributed by atoms with Crippen molar-refractivity contribution in [2.24, 2.45) is 0 Å². The van der Waals surface area contributed by atoms with Crippen LogP contribution in [0.4, 0.5) is 22.0 Å². The number of nitrogens with one attached hydrogen (secondary N) is 2. The van der Waals surface area contributed by atoms with Gasteiger partial charge in [0.1, 0.15) is 5.60 Å². The zero-order valence-electron chi connectivity index (χ0n) is 13.8. The first-order valence-electron chi connectivity index (χ1n) is 7.34. The van der Waals surface area contributed by atoms with Crippen molar-refractivity contribution >= 4 is 34.9 Å². The topological polar surface area (TPSA) is 102 Å². The van der Waals surface area contributed by atoms with E-state index in [0.717, 1.165) is 11.3 Å². The summed E-state index contributed by atoms with van der Waals surface area (Å²) >= 11 is 5.76. The van der Waals surface area contributed by atoms with Crippen LogP contribution in [0.25, 0.3) is 0 Å². The predicted molar refractivity (Wildman–Crippen MR) is 94.3 cm³/mol. The van der Waals surface area contributed by atoms with Crippen molar-refractivity contribution in [3.05, 3.63) is 41.3 Å². The van der Waals surface area contributed by atoms with E-state index in [-0.39, 0.29) is 5.28 Å². The zero-order valence-corrected chi connectivity index (χ0v) is 14.5. The summed E-state index contributed by atoms with van der Waals surface area (Å²) in [7, 11) is 0. The average molecular weight is 350 g/mol. The SMILES string of the molecule is CC(C)(C)OC(=O)NCc1ccc(Nc2nc(Cl)ncc2N)cc1. The number of carbonyl (C=O) groups excluding carboxylic acids is 1. The zero-order chi connectivity index (χ0) is 17.7. The Labute approximate surface area is 145 Å². The summed E-state index contributed by atoms with van der Waals surface area (Å²) in [6.45, 7) is 5.82. The van der Waals surface area contributed by atoms with Gasteiger partial charge in [0.25, 0.3) is 0 Å². The van der Waals surface area contributed by atoms with E-state index in [0.29, 0.717) is 18.1 Å². The van der Waals surface area contributed by atoms with Gasteiger partial charge in [0.05, 0.1) is 11.9 Å². The summed E-state index contributed by atoms with van der Waals surface area (Å²) in [5.74, 6) is 0.439. The number of amides is 1. The van der Waals surface area contributed by atoms with Crippen molar-refractivity contribution in [3.63, 3.8) is 0 Å². The summed E-state index contributed by atoms with van der Waals surface area (Å²) in [5.41, 5.74) is 7.39. The van der Waals surface area contributed by atoms with Crippen molar-refractivity contribution in [2.45, 2.75) is 32.9 Å². The quantitative estimate of drug-likeness (QED) is 0.730. The van der Waals surface area contributed by atoms with Crippen LogP contribution in [0.3, 0.4) is 0 Å². The maximum Gasteiger partial charge on any atom is 0.407 e. The lowest BCUT2D eigenvalue weighted by Crippen LogP contribution is -2.32. The van der Waals surface area contributed by atoms with E-state index in [2.05, 4.69) is 20.6 Å². The molecule has 0 aliphatic carbocycles. The molecule has 0 atom stereocenters. The second-order valence-corrected chi connectivity index (χ2v) is 6.46. The summed E-state index contributed by atoms with van der Waals surface area (Å²) < 4.78 is 5.18. The van der Waals surface area contributed by atoms with Crippen LogP contribution < -0.4 is 16.4 Å². The molecule has 1 heterocycles. The minimum Gasteiger partial charge on any atom is -0.444 e. The molecule has 8 heteroatoms. The molecule has 0 unspecified atom stereocenters. The van der Waals surface area contributed by atoms with E-state index in [1.165, 1.54) is 6.20 Å². The molecule has 0 aliphatic rings. The van der Waals surface area contributed by atoms with Gasteiger partial charge in [-0.2, -0.15) is 4.98 Å². The van der Waals surface area contributed by atoms with Crippen molar-refractivity contribution in [1.82, 2.24) is 15.3 Å². The van der Waals surface area contributed by atoms with E-state index < -0.39 is 11.7 Å². The Kier molecular flexibility index (Phi) is 5.46. The van der Waals surface area contributed by atoms with Gasteiger partial charge in [0.2, 0.25) is 5.28 Å². The summed E-state index contributed by atoms with van der Waals surface area (Å²) in [5, 5.41) is 5.88. The molecule has 0 saturated heterocycles. The maximum atomic E-state index is 11.6. The van der Waals surface area contributed by atoms with Crippen LogP contribution in [0, 0.1) is 0 Å². The molecule has 0 aliphatic heterocycles. The van der Waals surface area contributed by atoms with E-state index in [1.54, 1.807) is 0 Å². The predicted octanol–water partition coefficient (Wildman–Crippen LogP) is 3.48. The first kappa shape index (κ1) is 17.8. The number of nitrogens with zero attached hydrogens (tertiary/aromatic N) is 2. The number of carbonyl (C=O) groups is 1. The van der Waals surface area contributed by atoms with Crippen LogP contribution in [0.2, 0.25) is 5.28 Å². The first-order chi connectivity index (χ1) is 11.2. The second-order valence-electron chi connectivity index (χ2n) is 6.12. The van der Waals surface area contributed by atoms with E-state index >= 15 is 0 Å². The smallest absolute Gasteiger partial charge is 0.407 e. The minimum atomic E-state index is -0.517. The monoisotopic (exact) mass is 349 g/mol. The fraction of sp³-hybridized carbons (Fsp3) is 0.312. The molecule has 4 N–H and O–H groups in total. The summed E-state index contributed by atoms with van der Waals surface area (Å²) in [6, 6.07) is 7.44. The Morgan fingerprint density at radius 1 is 1.29 bits per heavy atom. The van der Waals surface area contributed by atoms with Crippen molar-refractivity contribution in [3.8, 4) is 0 Å². The van der Waals surface area contributed by atoms with Gasteiger partial charge in [-0.3, -0.25) is 0 Å². The van der Waals surface area contributed by atoms with Gasteiger partial charge in [-0.05, 0) is 50.1 Å². The molecule has 2 aromatic rings. The summed E-state index contributed by atoms with van der Waals surface area (Å²) in [4.78, 5) is 19.5. The fourth-order valence-corrected chi connectivity index (χ4v) is 1.93. The van der Waals surface area contributed by atoms with Crippen LogP contribution >= 0.6 is 11.6 Å². The molecule has 0 saturated carbocycles. The van der Waals surface area contributed by atoms with E-state index in [9.17, 15) is 4.79 Å². The van der Waals surface area contributed by atoms with Crippen LogP contribution in [0.15, 0.2) is 30.5 Å². The Bertz CT molecular complexity index is 713. The number of alkyl carbamates (subject to hydrolysis) is 1. The highest BCUT2D eigenvalue weighted by Gasteiger charge is 2.15. The molecule has 1 amide bonds. The van der Waals surface area contributed by atoms with Gasteiger partial charge < -0.3 is 21.1 Å².